The van der Waals surface area contributed by atoms with Gasteiger partial charge in [0, 0.05) is 38.2 Å². The van der Waals surface area contributed by atoms with E-state index in [-0.39, 0.29) is 17.7 Å². The summed E-state index contributed by atoms with van der Waals surface area (Å²) in [5, 5.41) is 0.519. The molecule has 3 aliphatic heterocycles. The van der Waals surface area contributed by atoms with Gasteiger partial charge in [-0.25, -0.2) is 22.8 Å². The highest BCUT2D eigenvalue weighted by atomic mass is 35.5. The summed E-state index contributed by atoms with van der Waals surface area (Å²) < 4.78 is 47.4. The molecule has 0 spiro atoms. The first-order chi connectivity index (χ1) is 16.8. The van der Waals surface area contributed by atoms with Gasteiger partial charge < -0.3 is 9.64 Å². The van der Waals surface area contributed by atoms with E-state index in [1.165, 1.54) is 10.4 Å². The summed E-state index contributed by atoms with van der Waals surface area (Å²) in [6.07, 6.45) is 8.80. The summed E-state index contributed by atoms with van der Waals surface area (Å²) >= 11 is 5.89. The van der Waals surface area contributed by atoms with Gasteiger partial charge in [0.1, 0.15) is 6.10 Å². The zero-order chi connectivity index (χ0) is 24.6. The van der Waals surface area contributed by atoms with Crippen LogP contribution >= 0.6 is 11.6 Å². The molecule has 10 heteroatoms. The second-order valence-corrected chi connectivity index (χ2v) is 12.0. The van der Waals surface area contributed by atoms with Crippen LogP contribution in [-0.4, -0.2) is 60.7 Å². The van der Waals surface area contributed by atoms with Gasteiger partial charge in [0.05, 0.1) is 23.2 Å². The molecule has 0 bridgehead atoms. The Hall–Kier alpha value is -2.23. The summed E-state index contributed by atoms with van der Waals surface area (Å²) in [5.41, 5.74) is 2.72. The number of ether oxygens (including phenoxy) is 1. The molecule has 3 aliphatic rings. The number of benzene rings is 1. The highest BCUT2D eigenvalue weighted by molar-refractivity contribution is 7.89. The van der Waals surface area contributed by atoms with Crippen LogP contribution in [0.15, 0.2) is 30.6 Å². The molecule has 5 rings (SSSR count). The van der Waals surface area contributed by atoms with E-state index < -0.39 is 10.0 Å². The maximum atomic E-state index is 15.0. The van der Waals surface area contributed by atoms with Gasteiger partial charge in [0.25, 0.3) is 0 Å². The lowest BCUT2D eigenvalue weighted by Crippen LogP contribution is -2.40. The Morgan fingerprint density at radius 2 is 1.91 bits per heavy atom. The van der Waals surface area contributed by atoms with Crippen LogP contribution in [0.25, 0.3) is 5.57 Å². The zero-order valence-corrected chi connectivity index (χ0v) is 21.4. The maximum Gasteiger partial charge on any atom is 0.225 e. The highest BCUT2D eigenvalue weighted by Crippen LogP contribution is 2.39. The Morgan fingerprint density at radius 3 is 2.57 bits per heavy atom. The van der Waals surface area contributed by atoms with Crippen LogP contribution in [0.5, 0.6) is 5.75 Å². The number of hydrogen-bond acceptors (Lipinski definition) is 6. The average molecular weight is 521 g/mol. The number of piperidine rings is 1. The number of aromatic nitrogens is 2. The van der Waals surface area contributed by atoms with Crippen LogP contribution < -0.4 is 9.64 Å². The smallest absolute Gasteiger partial charge is 0.225 e. The quantitative estimate of drug-likeness (QED) is 0.564. The Labute approximate surface area is 211 Å². The first kappa shape index (κ1) is 24.5. The largest absolute Gasteiger partial charge is 0.486 e. The Bertz CT molecular complexity index is 1210. The number of rotatable bonds is 6. The molecule has 1 aromatic heterocycles. The molecule has 0 amide bonds. The molecule has 0 saturated carbocycles. The van der Waals surface area contributed by atoms with Crippen LogP contribution in [0.4, 0.5) is 10.3 Å². The second kappa shape index (κ2) is 10.0. The molecule has 188 valence electrons. The van der Waals surface area contributed by atoms with Crippen molar-refractivity contribution in [3.05, 3.63) is 52.6 Å². The van der Waals surface area contributed by atoms with E-state index in [0.717, 1.165) is 42.6 Å². The molecule has 1 unspecified atom stereocenters. The van der Waals surface area contributed by atoms with E-state index in [2.05, 4.69) is 14.9 Å². The lowest BCUT2D eigenvalue weighted by molar-refractivity contribution is 0.134. The van der Waals surface area contributed by atoms with Crippen molar-refractivity contribution in [2.24, 2.45) is 5.92 Å². The number of sulfonamides is 1. The van der Waals surface area contributed by atoms with Gasteiger partial charge in [-0.2, -0.15) is 4.31 Å². The minimum atomic E-state index is -3.22. The monoisotopic (exact) mass is 520 g/mol. The van der Waals surface area contributed by atoms with Crippen LogP contribution in [0, 0.1) is 11.7 Å². The number of anilines is 1. The number of halogens is 2. The predicted molar refractivity (Wildman–Crippen MR) is 135 cm³/mol. The maximum absolute atomic E-state index is 15.0. The van der Waals surface area contributed by atoms with Crippen molar-refractivity contribution in [3.8, 4) is 5.75 Å². The summed E-state index contributed by atoms with van der Waals surface area (Å²) in [6.45, 7) is 4.28. The van der Waals surface area contributed by atoms with E-state index in [1.807, 2.05) is 19.1 Å². The van der Waals surface area contributed by atoms with Gasteiger partial charge in [0.15, 0.2) is 11.6 Å². The molecule has 0 N–H and O–H groups in total. The fourth-order valence-electron chi connectivity index (χ4n) is 5.28. The molecule has 2 aromatic rings. The fraction of sp³-hybridized carbons (Fsp3) is 0.520. The molecular formula is C25H30ClFN4O3S. The summed E-state index contributed by atoms with van der Waals surface area (Å²) in [7, 11) is -3.22. The SMILES string of the molecule is CCCS(=O)(=O)N1CC=C(c2cc(F)c3c(c2)CC(C2CCN(c4ncc(Cl)cn4)CC2)O3)CC1. The third-order valence-corrected chi connectivity index (χ3v) is 9.40. The van der Waals surface area contributed by atoms with E-state index >= 15 is 4.39 Å². The van der Waals surface area contributed by atoms with Crippen LogP contribution in [0.3, 0.4) is 0 Å². The highest BCUT2D eigenvalue weighted by Gasteiger charge is 2.35. The Kier molecular flexibility index (Phi) is 7.01. The van der Waals surface area contributed by atoms with Gasteiger partial charge in [-0.05, 0) is 54.9 Å². The van der Waals surface area contributed by atoms with Crippen molar-refractivity contribution in [1.82, 2.24) is 14.3 Å². The van der Waals surface area contributed by atoms with E-state index in [9.17, 15) is 8.42 Å². The van der Waals surface area contributed by atoms with Crippen LogP contribution in [-0.2, 0) is 16.4 Å². The number of nitrogens with zero attached hydrogens (tertiary/aromatic N) is 4. The van der Waals surface area contributed by atoms with Gasteiger partial charge in [-0.3, -0.25) is 0 Å². The van der Waals surface area contributed by atoms with Gasteiger partial charge in [0.2, 0.25) is 16.0 Å². The minimum Gasteiger partial charge on any atom is -0.486 e. The summed E-state index contributed by atoms with van der Waals surface area (Å²) in [6, 6.07) is 3.56. The lowest BCUT2D eigenvalue weighted by atomic mass is 9.88. The fourth-order valence-corrected chi connectivity index (χ4v) is 6.83. The molecule has 0 radical (unpaired) electrons. The standard InChI is InChI=1S/C25H30ClFN4O3S/c1-2-11-35(32,33)31-9-5-17(6-10-31)19-12-20-14-23(34-24(20)22(27)13-19)18-3-7-30(8-4-18)25-28-15-21(26)16-29-25/h5,12-13,15-16,18,23H,2-4,6-11,14H2,1H3. The predicted octanol–water partition coefficient (Wildman–Crippen LogP) is 4.32. The van der Waals surface area contributed by atoms with Crippen molar-refractivity contribution < 1.29 is 17.5 Å². The molecule has 1 aromatic carbocycles. The van der Waals surface area contributed by atoms with Crippen molar-refractivity contribution in [2.45, 2.75) is 45.1 Å². The first-order valence-corrected chi connectivity index (χ1v) is 14.2. The molecule has 1 atom stereocenters. The van der Waals surface area contributed by atoms with Crippen LogP contribution in [0.1, 0.15) is 43.7 Å². The van der Waals surface area contributed by atoms with Gasteiger partial charge >= 0.3 is 0 Å². The summed E-state index contributed by atoms with van der Waals surface area (Å²) in [5.74, 6) is 1.20. The molecule has 4 heterocycles. The lowest BCUT2D eigenvalue weighted by Gasteiger charge is -2.34. The normalized spacial score (nSPS) is 21.5. The topological polar surface area (TPSA) is 75.6 Å². The Morgan fingerprint density at radius 1 is 1.17 bits per heavy atom. The summed E-state index contributed by atoms with van der Waals surface area (Å²) in [4.78, 5) is 10.8. The molecular weight excluding hydrogens is 491 g/mol. The average Bonchev–Trinajstić information content (AvgIpc) is 3.30. The van der Waals surface area contributed by atoms with Crippen molar-refractivity contribution in [3.63, 3.8) is 0 Å². The molecule has 1 fully saturated rings. The van der Waals surface area contributed by atoms with E-state index in [4.69, 9.17) is 16.3 Å². The van der Waals surface area contributed by atoms with E-state index in [1.54, 1.807) is 12.4 Å². The first-order valence-electron chi connectivity index (χ1n) is 12.2. The van der Waals surface area contributed by atoms with E-state index in [0.29, 0.717) is 55.0 Å². The molecule has 0 aliphatic carbocycles. The van der Waals surface area contributed by atoms with Gasteiger partial charge in [-0.1, -0.05) is 24.6 Å². The number of fused-ring (bicyclic) bond motifs is 1. The molecule has 35 heavy (non-hydrogen) atoms. The third-order valence-electron chi connectivity index (χ3n) is 7.16. The Balaban J connectivity index is 1.23. The third kappa shape index (κ3) is 5.17. The van der Waals surface area contributed by atoms with Crippen molar-refractivity contribution in [1.29, 1.82) is 0 Å². The zero-order valence-electron chi connectivity index (χ0n) is 19.8. The van der Waals surface area contributed by atoms with Gasteiger partial charge in [-0.15, -0.1) is 0 Å². The van der Waals surface area contributed by atoms with Crippen molar-refractivity contribution in [2.75, 3.05) is 36.8 Å². The minimum absolute atomic E-state index is 0.0435. The molecule has 7 nitrogen and oxygen atoms in total. The van der Waals surface area contributed by atoms with Crippen LogP contribution in [0.2, 0.25) is 5.02 Å². The second-order valence-electron chi connectivity index (χ2n) is 9.49. The van der Waals surface area contributed by atoms with Crippen molar-refractivity contribution >= 4 is 33.1 Å². The molecule has 1 saturated heterocycles. The number of hydrogen-bond donors (Lipinski definition) is 0.